The van der Waals surface area contributed by atoms with Gasteiger partial charge in [0, 0.05) is 12.1 Å². The lowest BCUT2D eigenvalue weighted by Crippen LogP contribution is -2.33. The third kappa shape index (κ3) is 4.02. The van der Waals surface area contributed by atoms with E-state index < -0.39 is 5.41 Å². The van der Waals surface area contributed by atoms with E-state index in [1.54, 1.807) is 26.0 Å². The third-order valence-electron chi connectivity index (χ3n) is 2.92. The van der Waals surface area contributed by atoms with E-state index in [1.807, 2.05) is 0 Å². The molecule has 0 aliphatic heterocycles. The van der Waals surface area contributed by atoms with Crippen LogP contribution in [0.5, 0.6) is 17.2 Å². The summed E-state index contributed by atoms with van der Waals surface area (Å²) in [7, 11) is 4.46. The van der Waals surface area contributed by atoms with Crippen LogP contribution in [0.25, 0.3) is 0 Å². The molecule has 21 heavy (non-hydrogen) atoms. The number of nitrogens with one attached hydrogen (secondary N) is 1. The minimum atomic E-state index is -0.629. The Balaban J connectivity index is 3.03. The van der Waals surface area contributed by atoms with E-state index in [-0.39, 0.29) is 12.5 Å². The third-order valence-corrected chi connectivity index (χ3v) is 2.92. The van der Waals surface area contributed by atoms with Crippen molar-refractivity contribution >= 4 is 5.91 Å². The molecule has 1 aromatic rings. The van der Waals surface area contributed by atoms with Crippen molar-refractivity contribution in [2.45, 2.75) is 13.8 Å². The topological polar surface area (TPSA) is 80.6 Å². The first-order chi connectivity index (χ1) is 9.88. The van der Waals surface area contributed by atoms with Gasteiger partial charge in [-0.15, -0.1) is 0 Å². The van der Waals surface area contributed by atoms with Gasteiger partial charge in [0.15, 0.2) is 11.5 Å². The minimum absolute atomic E-state index is 0.249. The lowest BCUT2D eigenvalue weighted by atomic mass is 9.96. The number of nitriles is 1. The Kier molecular flexibility index (Phi) is 5.42. The summed E-state index contributed by atoms with van der Waals surface area (Å²) < 4.78 is 15.6. The normalized spacial score (nSPS) is 10.5. The van der Waals surface area contributed by atoms with E-state index in [4.69, 9.17) is 19.5 Å². The van der Waals surface area contributed by atoms with Gasteiger partial charge in [-0.25, -0.2) is 0 Å². The van der Waals surface area contributed by atoms with Crippen LogP contribution in [0.4, 0.5) is 0 Å². The molecule has 114 valence electrons. The van der Waals surface area contributed by atoms with Gasteiger partial charge in [0.25, 0.3) is 5.91 Å². The molecule has 0 heterocycles. The van der Waals surface area contributed by atoms with Crippen molar-refractivity contribution in [1.29, 1.82) is 5.26 Å². The second-order valence-electron chi connectivity index (χ2n) is 5.09. The van der Waals surface area contributed by atoms with E-state index in [1.165, 1.54) is 21.3 Å². The highest BCUT2D eigenvalue weighted by molar-refractivity contribution is 5.95. The molecule has 0 aromatic heterocycles. The standard InChI is InChI=1S/C15H20N2O4/c1-15(2,8-16)9-17-14(18)10-6-11(19-3)13(21-5)12(7-10)20-4/h6-7H,9H2,1-5H3,(H,17,18). The van der Waals surface area contributed by atoms with Crippen molar-refractivity contribution in [3.63, 3.8) is 0 Å². The number of carbonyl (C=O) groups excluding carboxylic acids is 1. The monoisotopic (exact) mass is 292 g/mol. The molecule has 0 spiro atoms. The fourth-order valence-corrected chi connectivity index (χ4v) is 1.66. The second kappa shape index (κ2) is 6.84. The molecule has 1 aromatic carbocycles. The summed E-state index contributed by atoms with van der Waals surface area (Å²) >= 11 is 0. The minimum Gasteiger partial charge on any atom is -0.493 e. The predicted octanol–water partition coefficient (Wildman–Crippen LogP) is 1.99. The van der Waals surface area contributed by atoms with E-state index in [2.05, 4.69) is 11.4 Å². The van der Waals surface area contributed by atoms with Crippen LogP contribution in [-0.2, 0) is 0 Å². The highest BCUT2D eigenvalue weighted by atomic mass is 16.5. The fraction of sp³-hybridized carbons (Fsp3) is 0.467. The Morgan fingerprint density at radius 1 is 1.19 bits per heavy atom. The SMILES string of the molecule is COc1cc(C(=O)NCC(C)(C)C#N)cc(OC)c1OC. The van der Waals surface area contributed by atoms with E-state index in [0.29, 0.717) is 22.8 Å². The molecule has 0 bridgehead atoms. The van der Waals surface area contributed by atoms with Gasteiger partial charge in [0.2, 0.25) is 5.75 Å². The number of rotatable bonds is 6. The number of nitrogens with zero attached hydrogens (tertiary/aromatic N) is 1. The molecular formula is C15H20N2O4. The molecule has 0 radical (unpaired) electrons. The first-order valence-corrected chi connectivity index (χ1v) is 6.38. The van der Waals surface area contributed by atoms with Gasteiger partial charge >= 0.3 is 0 Å². The van der Waals surface area contributed by atoms with Crippen LogP contribution in [-0.4, -0.2) is 33.8 Å². The molecule has 6 nitrogen and oxygen atoms in total. The molecule has 1 amide bonds. The average Bonchev–Trinajstić information content (AvgIpc) is 2.50. The fourth-order valence-electron chi connectivity index (χ4n) is 1.66. The highest BCUT2D eigenvalue weighted by Gasteiger charge is 2.20. The molecule has 0 aliphatic carbocycles. The highest BCUT2D eigenvalue weighted by Crippen LogP contribution is 2.38. The first-order valence-electron chi connectivity index (χ1n) is 6.38. The van der Waals surface area contributed by atoms with Crippen LogP contribution in [0.3, 0.4) is 0 Å². The maximum Gasteiger partial charge on any atom is 0.251 e. The average molecular weight is 292 g/mol. The van der Waals surface area contributed by atoms with Crippen molar-refractivity contribution in [2.75, 3.05) is 27.9 Å². The molecule has 0 unspecified atom stereocenters. The van der Waals surface area contributed by atoms with Crippen LogP contribution in [0.1, 0.15) is 24.2 Å². The van der Waals surface area contributed by atoms with Gasteiger partial charge in [0.05, 0.1) is 32.8 Å². The Morgan fingerprint density at radius 2 is 1.71 bits per heavy atom. The van der Waals surface area contributed by atoms with Crippen LogP contribution in [0, 0.1) is 16.7 Å². The quantitative estimate of drug-likeness (QED) is 0.867. The van der Waals surface area contributed by atoms with E-state index >= 15 is 0 Å². The summed E-state index contributed by atoms with van der Waals surface area (Å²) in [5, 5.41) is 11.7. The number of hydrogen-bond donors (Lipinski definition) is 1. The largest absolute Gasteiger partial charge is 0.493 e. The summed E-state index contributed by atoms with van der Waals surface area (Å²) in [6.45, 7) is 3.75. The van der Waals surface area contributed by atoms with Crippen LogP contribution in [0.2, 0.25) is 0 Å². The number of benzene rings is 1. The summed E-state index contributed by atoms with van der Waals surface area (Å²) in [5.41, 5.74) is -0.255. The Bertz CT molecular complexity index is 536. The van der Waals surface area contributed by atoms with Gasteiger partial charge in [-0.2, -0.15) is 5.26 Å². The zero-order valence-corrected chi connectivity index (χ0v) is 12.9. The lowest BCUT2D eigenvalue weighted by molar-refractivity contribution is 0.0943. The second-order valence-corrected chi connectivity index (χ2v) is 5.09. The maximum atomic E-state index is 12.2. The van der Waals surface area contributed by atoms with E-state index in [0.717, 1.165) is 0 Å². The van der Waals surface area contributed by atoms with Crippen molar-refractivity contribution < 1.29 is 19.0 Å². The van der Waals surface area contributed by atoms with E-state index in [9.17, 15) is 4.79 Å². The van der Waals surface area contributed by atoms with Gasteiger partial charge < -0.3 is 19.5 Å². The smallest absolute Gasteiger partial charge is 0.251 e. The summed E-state index contributed by atoms with van der Waals surface area (Å²) in [6, 6.07) is 5.26. The van der Waals surface area contributed by atoms with Crippen LogP contribution >= 0.6 is 0 Å². The molecular weight excluding hydrogens is 272 g/mol. The van der Waals surface area contributed by atoms with Crippen LogP contribution in [0.15, 0.2) is 12.1 Å². The van der Waals surface area contributed by atoms with Gasteiger partial charge in [-0.3, -0.25) is 4.79 Å². The van der Waals surface area contributed by atoms with Crippen molar-refractivity contribution in [3.05, 3.63) is 17.7 Å². The predicted molar refractivity (Wildman–Crippen MR) is 77.8 cm³/mol. The van der Waals surface area contributed by atoms with Crippen molar-refractivity contribution in [2.24, 2.45) is 5.41 Å². The van der Waals surface area contributed by atoms with Crippen molar-refractivity contribution in [3.8, 4) is 23.3 Å². The molecule has 0 aliphatic rings. The summed E-state index contributed by atoms with van der Waals surface area (Å²) in [6.07, 6.45) is 0. The number of methoxy groups -OCH3 is 3. The summed E-state index contributed by atoms with van der Waals surface area (Å²) in [5.74, 6) is 0.926. The zero-order valence-electron chi connectivity index (χ0n) is 12.9. The Labute approximate surface area is 124 Å². The molecule has 6 heteroatoms. The Morgan fingerprint density at radius 3 is 2.10 bits per heavy atom. The molecule has 0 saturated carbocycles. The molecule has 1 N–H and O–H groups in total. The lowest BCUT2D eigenvalue weighted by Gasteiger charge is -2.17. The maximum absolute atomic E-state index is 12.2. The first kappa shape index (κ1) is 16.6. The Hall–Kier alpha value is -2.42. The number of carbonyl (C=O) groups is 1. The molecule has 0 saturated heterocycles. The number of hydrogen-bond acceptors (Lipinski definition) is 5. The van der Waals surface area contributed by atoms with Gasteiger partial charge in [-0.1, -0.05) is 0 Å². The molecule has 0 fully saturated rings. The molecule has 0 atom stereocenters. The summed E-state index contributed by atoms with van der Waals surface area (Å²) in [4.78, 5) is 12.2. The number of ether oxygens (including phenoxy) is 3. The van der Waals surface area contributed by atoms with Gasteiger partial charge in [-0.05, 0) is 26.0 Å². The molecule has 1 rings (SSSR count). The van der Waals surface area contributed by atoms with Crippen molar-refractivity contribution in [1.82, 2.24) is 5.32 Å². The van der Waals surface area contributed by atoms with Crippen LogP contribution < -0.4 is 19.5 Å². The van der Waals surface area contributed by atoms with Gasteiger partial charge in [0.1, 0.15) is 0 Å². The number of amides is 1. The zero-order chi connectivity index (χ0) is 16.0.